The van der Waals surface area contributed by atoms with Crippen LogP contribution in [0, 0.1) is 0 Å². The predicted octanol–water partition coefficient (Wildman–Crippen LogP) is 1.09. The fraction of sp³-hybridized carbons (Fsp3) is 0.615. The van der Waals surface area contributed by atoms with E-state index in [-0.39, 0.29) is 11.9 Å². The molecule has 2 heterocycles. The Hall–Kier alpha value is -1.85. The van der Waals surface area contributed by atoms with E-state index < -0.39 is 0 Å². The van der Waals surface area contributed by atoms with Gasteiger partial charge in [-0.25, -0.2) is 9.97 Å². The SMILES string of the molecule is CNc1cc(NC2CCC(=O)NC2)nc(C2CC2)n1. The van der Waals surface area contributed by atoms with E-state index >= 15 is 0 Å². The molecule has 1 aromatic rings. The first kappa shape index (κ1) is 12.2. The minimum absolute atomic E-state index is 0.135. The van der Waals surface area contributed by atoms with Gasteiger partial charge in [0, 0.05) is 38.0 Å². The normalized spacial score (nSPS) is 22.8. The number of carbonyl (C=O) groups excluding carboxylic acids is 1. The van der Waals surface area contributed by atoms with Gasteiger partial charge >= 0.3 is 0 Å². The van der Waals surface area contributed by atoms with Crippen LogP contribution in [0.15, 0.2) is 6.07 Å². The lowest BCUT2D eigenvalue weighted by Gasteiger charge is -2.24. The minimum atomic E-state index is 0.135. The second kappa shape index (κ2) is 5.03. The van der Waals surface area contributed by atoms with Crippen molar-refractivity contribution in [3.05, 3.63) is 11.9 Å². The van der Waals surface area contributed by atoms with E-state index in [0.717, 1.165) is 23.9 Å². The molecule has 2 aliphatic rings. The molecule has 0 bridgehead atoms. The average Bonchev–Trinajstić information content (AvgIpc) is 3.25. The third-order valence-corrected chi connectivity index (χ3v) is 3.56. The summed E-state index contributed by atoms with van der Waals surface area (Å²) in [7, 11) is 1.86. The van der Waals surface area contributed by atoms with Crippen LogP contribution < -0.4 is 16.0 Å². The van der Waals surface area contributed by atoms with Crippen LogP contribution in [0.25, 0.3) is 0 Å². The van der Waals surface area contributed by atoms with E-state index in [1.807, 2.05) is 13.1 Å². The molecule has 3 N–H and O–H groups in total. The molecule has 3 rings (SSSR count). The summed E-state index contributed by atoms with van der Waals surface area (Å²) in [4.78, 5) is 20.2. The van der Waals surface area contributed by atoms with Crippen LogP contribution in [0.4, 0.5) is 11.6 Å². The van der Waals surface area contributed by atoms with E-state index in [1.165, 1.54) is 12.8 Å². The first-order valence-electron chi connectivity index (χ1n) is 6.84. The van der Waals surface area contributed by atoms with Gasteiger partial charge in [-0.1, -0.05) is 0 Å². The summed E-state index contributed by atoms with van der Waals surface area (Å²) < 4.78 is 0. The molecule has 2 fully saturated rings. The third kappa shape index (κ3) is 2.94. The second-order valence-corrected chi connectivity index (χ2v) is 5.20. The molecule has 1 atom stereocenters. The van der Waals surface area contributed by atoms with Gasteiger partial charge in [0.15, 0.2) is 0 Å². The number of amides is 1. The summed E-state index contributed by atoms with van der Waals surface area (Å²) in [6, 6.07) is 2.17. The van der Waals surface area contributed by atoms with Gasteiger partial charge in [0.1, 0.15) is 17.5 Å². The van der Waals surface area contributed by atoms with E-state index in [9.17, 15) is 4.79 Å². The summed E-state index contributed by atoms with van der Waals surface area (Å²) in [5, 5.41) is 9.34. The molecular weight excluding hydrogens is 242 g/mol. The van der Waals surface area contributed by atoms with Gasteiger partial charge in [-0.15, -0.1) is 0 Å². The third-order valence-electron chi connectivity index (χ3n) is 3.56. The monoisotopic (exact) mass is 261 g/mol. The number of nitrogens with one attached hydrogen (secondary N) is 3. The van der Waals surface area contributed by atoms with Crippen molar-refractivity contribution >= 4 is 17.5 Å². The van der Waals surface area contributed by atoms with Crippen molar-refractivity contribution < 1.29 is 4.79 Å². The van der Waals surface area contributed by atoms with E-state index in [4.69, 9.17) is 0 Å². The number of rotatable bonds is 4. The lowest BCUT2D eigenvalue weighted by atomic mass is 10.1. The van der Waals surface area contributed by atoms with Crippen molar-refractivity contribution in [2.24, 2.45) is 0 Å². The number of piperidine rings is 1. The fourth-order valence-corrected chi connectivity index (χ4v) is 2.26. The van der Waals surface area contributed by atoms with Crippen LogP contribution in [-0.4, -0.2) is 35.5 Å². The molecule has 1 amide bonds. The minimum Gasteiger partial charge on any atom is -0.373 e. The maximum atomic E-state index is 11.1. The maximum absolute atomic E-state index is 11.1. The highest BCUT2D eigenvalue weighted by molar-refractivity contribution is 5.77. The van der Waals surface area contributed by atoms with Crippen molar-refractivity contribution in [2.75, 3.05) is 24.2 Å². The van der Waals surface area contributed by atoms with Crippen LogP contribution in [-0.2, 0) is 4.79 Å². The van der Waals surface area contributed by atoms with Crippen LogP contribution in [0.2, 0.25) is 0 Å². The Labute approximate surface area is 112 Å². The fourth-order valence-electron chi connectivity index (χ4n) is 2.26. The highest BCUT2D eigenvalue weighted by Crippen LogP contribution is 2.38. The summed E-state index contributed by atoms with van der Waals surface area (Å²) in [5.41, 5.74) is 0. The zero-order chi connectivity index (χ0) is 13.2. The van der Waals surface area contributed by atoms with Gasteiger partial charge in [0.05, 0.1) is 0 Å². The highest BCUT2D eigenvalue weighted by Gasteiger charge is 2.27. The average molecular weight is 261 g/mol. The molecule has 1 aliphatic carbocycles. The lowest BCUT2D eigenvalue weighted by Crippen LogP contribution is -2.42. The number of hydrogen-bond donors (Lipinski definition) is 3. The van der Waals surface area contributed by atoms with Crippen molar-refractivity contribution in [3.8, 4) is 0 Å². The molecule has 1 unspecified atom stereocenters. The van der Waals surface area contributed by atoms with Crippen molar-refractivity contribution in [1.82, 2.24) is 15.3 Å². The van der Waals surface area contributed by atoms with Gasteiger partial charge < -0.3 is 16.0 Å². The van der Waals surface area contributed by atoms with Gasteiger partial charge in [-0.05, 0) is 19.3 Å². The number of carbonyl (C=O) groups is 1. The second-order valence-electron chi connectivity index (χ2n) is 5.20. The quantitative estimate of drug-likeness (QED) is 0.756. The Kier molecular flexibility index (Phi) is 3.23. The van der Waals surface area contributed by atoms with Gasteiger partial charge in [-0.2, -0.15) is 0 Å². The number of nitrogens with zero attached hydrogens (tertiary/aromatic N) is 2. The Balaban J connectivity index is 1.72. The highest BCUT2D eigenvalue weighted by atomic mass is 16.1. The predicted molar refractivity (Wildman–Crippen MR) is 73.2 cm³/mol. The molecule has 0 radical (unpaired) electrons. The van der Waals surface area contributed by atoms with Gasteiger partial charge in [0.25, 0.3) is 0 Å². The summed E-state index contributed by atoms with van der Waals surface area (Å²) >= 11 is 0. The molecule has 0 spiro atoms. The molecule has 1 aliphatic heterocycles. The van der Waals surface area contributed by atoms with E-state index in [0.29, 0.717) is 18.9 Å². The van der Waals surface area contributed by atoms with Crippen LogP contribution in [0.1, 0.15) is 37.4 Å². The smallest absolute Gasteiger partial charge is 0.220 e. The van der Waals surface area contributed by atoms with E-state index in [2.05, 4.69) is 25.9 Å². The number of hydrogen-bond acceptors (Lipinski definition) is 5. The Morgan fingerprint density at radius 1 is 1.26 bits per heavy atom. The summed E-state index contributed by atoms with van der Waals surface area (Å²) in [6.45, 7) is 0.663. The Morgan fingerprint density at radius 3 is 2.68 bits per heavy atom. The van der Waals surface area contributed by atoms with Crippen LogP contribution >= 0.6 is 0 Å². The van der Waals surface area contributed by atoms with Crippen molar-refractivity contribution in [3.63, 3.8) is 0 Å². The first-order valence-corrected chi connectivity index (χ1v) is 6.84. The Bertz CT molecular complexity index is 476. The number of aromatic nitrogens is 2. The molecular formula is C13H19N5O. The zero-order valence-corrected chi connectivity index (χ0v) is 11.1. The molecule has 1 saturated heterocycles. The molecule has 1 aromatic heterocycles. The molecule has 0 aromatic carbocycles. The topological polar surface area (TPSA) is 78.9 Å². The molecule has 6 heteroatoms. The van der Waals surface area contributed by atoms with Crippen molar-refractivity contribution in [2.45, 2.75) is 37.6 Å². The molecule has 1 saturated carbocycles. The van der Waals surface area contributed by atoms with Gasteiger partial charge in [-0.3, -0.25) is 4.79 Å². The standard InChI is InChI=1S/C13H19N5O/c1-14-10-6-11(18-13(17-10)8-2-3-8)16-9-4-5-12(19)15-7-9/h6,8-9H,2-5,7H2,1H3,(H,15,19)(H2,14,16,17,18). The first-order chi connectivity index (χ1) is 9.24. The summed E-state index contributed by atoms with van der Waals surface area (Å²) in [6.07, 6.45) is 3.80. The maximum Gasteiger partial charge on any atom is 0.220 e. The largest absolute Gasteiger partial charge is 0.373 e. The molecule has 6 nitrogen and oxygen atoms in total. The van der Waals surface area contributed by atoms with E-state index in [1.54, 1.807) is 0 Å². The molecule has 102 valence electrons. The van der Waals surface area contributed by atoms with Gasteiger partial charge in [0.2, 0.25) is 5.91 Å². The van der Waals surface area contributed by atoms with Crippen LogP contribution in [0.3, 0.4) is 0 Å². The molecule has 19 heavy (non-hydrogen) atoms. The zero-order valence-electron chi connectivity index (χ0n) is 11.1. The lowest BCUT2D eigenvalue weighted by molar-refractivity contribution is -0.122. The Morgan fingerprint density at radius 2 is 2.05 bits per heavy atom. The summed E-state index contributed by atoms with van der Waals surface area (Å²) in [5.74, 6) is 3.28. The van der Waals surface area contributed by atoms with Crippen LogP contribution in [0.5, 0.6) is 0 Å². The van der Waals surface area contributed by atoms with Crippen molar-refractivity contribution in [1.29, 1.82) is 0 Å². The number of anilines is 2.